The molecule has 2 aromatic carbocycles. The van der Waals surface area contributed by atoms with Crippen LogP contribution in [-0.4, -0.2) is 49.7 Å². The number of hydrogen-bond donors (Lipinski definition) is 0. The van der Waals surface area contributed by atoms with Gasteiger partial charge in [0.2, 0.25) is 10.0 Å². The molecule has 1 aliphatic heterocycles. The van der Waals surface area contributed by atoms with E-state index in [0.717, 1.165) is 5.56 Å². The van der Waals surface area contributed by atoms with E-state index in [4.69, 9.17) is 0 Å². The van der Waals surface area contributed by atoms with E-state index in [9.17, 15) is 17.6 Å². The number of hydrogen-bond acceptors (Lipinski definition) is 3. The number of rotatable bonds is 4. The standard InChI is InChI=1S/C20H22BrFN2O3S/c1-14(2)15-3-6-17(7-4-15)28(26,27)24-11-9-23(10-12-24)20(25)18-13-16(21)5-8-19(18)22/h3-8,13-14H,9-12H2,1-2H3. The van der Waals surface area contributed by atoms with Gasteiger partial charge in [-0.3, -0.25) is 4.79 Å². The average Bonchev–Trinajstić information content (AvgIpc) is 2.69. The number of sulfonamides is 1. The van der Waals surface area contributed by atoms with Crippen LogP contribution in [0.5, 0.6) is 0 Å². The first-order valence-electron chi connectivity index (χ1n) is 9.04. The Bertz CT molecular complexity index is 969. The third-order valence-corrected chi connectivity index (χ3v) is 7.28. The van der Waals surface area contributed by atoms with Gasteiger partial charge in [-0.15, -0.1) is 0 Å². The Morgan fingerprint density at radius 3 is 2.21 bits per heavy atom. The SMILES string of the molecule is CC(C)c1ccc(S(=O)(=O)N2CCN(C(=O)c3cc(Br)ccc3F)CC2)cc1. The summed E-state index contributed by atoms with van der Waals surface area (Å²) in [4.78, 5) is 14.3. The third kappa shape index (κ3) is 4.29. The Morgan fingerprint density at radius 2 is 1.64 bits per heavy atom. The molecule has 5 nitrogen and oxygen atoms in total. The topological polar surface area (TPSA) is 57.7 Å². The average molecular weight is 469 g/mol. The van der Waals surface area contributed by atoms with Crippen molar-refractivity contribution in [1.82, 2.24) is 9.21 Å². The minimum absolute atomic E-state index is 0.0186. The largest absolute Gasteiger partial charge is 0.336 e. The van der Waals surface area contributed by atoms with Gasteiger partial charge < -0.3 is 4.90 Å². The highest BCUT2D eigenvalue weighted by Gasteiger charge is 2.31. The molecule has 8 heteroatoms. The highest BCUT2D eigenvalue weighted by atomic mass is 79.9. The highest BCUT2D eigenvalue weighted by Crippen LogP contribution is 2.23. The lowest BCUT2D eigenvalue weighted by atomic mass is 10.0. The minimum Gasteiger partial charge on any atom is -0.336 e. The Hall–Kier alpha value is -1.77. The van der Waals surface area contributed by atoms with Gasteiger partial charge in [0.15, 0.2) is 0 Å². The van der Waals surface area contributed by atoms with E-state index in [1.165, 1.54) is 27.4 Å². The van der Waals surface area contributed by atoms with E-state index in [2.05, 4.69) is 15.9 Å². The van der Waals surface area contributed by atoms with E-state index < -0.39 is 21.7 Å². The number of amides is 1. The van der Waals surface area contributed by atoms with Crippen LogP contribution in [0.2, 0.25) is 0 Å². The summed E-state index contributed by atoms with van der Waals surface area (Å²) in [6, 6.07) is 11.1. The lowest BCUT2D eigenvalue weighted by molar-refractivity contribution is 0.0693. The zero-order valence-corrected chi connectivity index (χ0v) is 18.1. The summed E-state index contributed by atoms with van der Waals surface area (Å²) >= 11 is 3.24. The fourth-order valence-corrected chi connectivity index (χ4v) is 4.92. The predicted octanol–water partition coefficient (Wildman–Crippen LogP) is 3.86. The summed E-state index contributed by atoms with van der Waals surface area (Å²) in [5.41, 5.74) is 1.06. The first-order chi connectivity index (χ1) is 13.2. The van der Waals surface area contributed by atoms with Crippen LogP contribution < -0.4 is 0 Å². The molecular weight excluding hydrogens is 447 g/mol. The number of nitrogens with zero attached hydrogens (tertiary/aromatic N) is 2. The van der Waals surface area contributed by atoms with Crippen LogP contribution in [0.1, 0.15) is 35.7 Å². The lowest BCUT2D eigenvalue weighted by Gasteiger charge is -2.34. The van der Waals surface area contributed by atoms with Crippen LogP contribution in [0.25, 0.3) is 0 Å². The zero-order valence-electron chi connectivity index (χ0n) is 15.7. The van der Waals surface area contributed by atoms with Crippen molar-refractivity contribution in [3.05, 3.63) is 63.9 Å². The molecule has 0 aliphatic carbocycles. The molecule has 0 atom stereocenters. The maximum Gasteiger partial charge on any atom is 0.256 e. The second-order valence-corrected chi connectivity index (χ2v) is 9.90. The molecule has 150 valence electrons. The predicted molar refractivity (Wildman–Crippen MR) is 109 cm³/mol. The van der Waals surface area contributed by atoms with Crippen LogP contribution in [-0.2, 0) is 10.0 Å². The van der Waals surface area contributed by atoms with Crippen molar-refractivity contribution in [3.8, 4) is 0 Å². The van der Waals surface area contributed by atoms with Gasteiger partial charge in [0, 0.05) is 30.7 Å². The normalized spacial score (nSPS) is 15.8. The molecule has 0 aromatic heterocycles. The van der Waals surface area contributed by atoms with Gasteiger partial charge in [0.1, 0.15) is 5.82 Å². The molecule has 0 bridgehead atoms. The van der Waals surface area contributed by atoms with Gasteiger partial charge in [-0.2, -0.15) is 4.31 Å². The van der Waals surface area contributed by atoms with Crippen molar-refractivity contribution in [2.75, 3.05) is 26.2 Å². The van der Waals surface area contributed by atoms with Gasteiger partial charge >= 0.3 is 0 Å². The molecule has 0 radical (unpaired) electrons. The molecule has 1 aliphatic rings. The molecule has 28 heavy (non-hydrogen) atoms. The Balaban J connectivity index is 1.70. The Morgan fingerprint density at radius 1 is 1.04 bits per heavy atom. The van der Waals surface area contributed by atoms with Gasteiger partial charge in [-0.05, 0) is 41.8 Å². The molecule has 0 saturated carbocycles. The fraction of sp³-hybridized carbons (Fsp3) is 0.350. The summed E-state index contributed by atoms with van der Waals surface area (Å²) in [5, 5.41) is 0. The molecule has 1 fully saturated rings. The number of piperazine rings is 1. The maximum absolute atomic E-state index is 14.0. The molecule has 1 heterocycles. The van der Waals surface area contributed by atoms with Crippen LogP contribution in [0.4, 0.5) is 4.39 Å². The van der Waals surface area contributed by atoms with E-state index in [1.807, 2.05) is 26.0 Å². The summed E-state index contributed by atoms with van der Waals surface area (Å²) in [7, 11) is -3.62. The lowest BCUT2D eigenvalue weighted by Crippen LogP contribution is -2.50. The molecule has 0 N–H and O–H groups in total. The van der Waals surface area contributed by atoms with Gasteiger partial charge in [-0.1, -0.05) is 41.9 Å². The third-order valence-electron chi connectivity index (χ3n) is 4.87. The molecule has 1 saturated heterocycles. The van der Waals surface area contributed by atoms with Crippen LogP contribution in [0.3, 0.4) is 0 Å². The second kappa shape index (κ2) is 8.31. The van der Waals surface area contributed by atoms with Gasteiger partial charge in [0.25, 0.3) is 5.91 Å². The quantitative estimate of drug-likeness (QED) is 0.684. The van der Waals surface area contributed by atoms with Crippen molar-refractivity contribution >= 4 is 31.9 Å². The molecule has 0 unspecified atom stereocenters. The van der Waals surface area contributed by atoms with Crippen molar-refractivity contribution in [3.63, 3.8) is 0 Å². The number of carbonyl (C=O) groups is 1. The van der Waals surface area contributed by atoms with Gasteiger partial charge in [0.05, 0.1) is 10.5 Å². The van der Waals surface area contributed by atoms with E-state index in [0.29, 0.717) is 10.4 Å². The van der Waals surface area contributed by atoms with Crippen LogP contribution in [0.15, 0.2) is 51.8 Å². The molecule has 2 aromatic rings. The molecule has 1 amide bonds. The first-order valence-corrected chi connectivity index (χ1v) is 11.3. The monoisotopic (exact) mass is 468 g/mol. The van der Waals surface area contributed by atoms with Gasteiger partial charge in [-0.25, -0.2) is 12.8 Å². The summed E-state index contributed by atoms with van der Waals surface area (Å²) in [6.07, 6.45) is 0. The minimum atomic E-state index is -3.62. The van der Waals surface area contributed by atoms with Crippen molar-refractivity contribution in [2.45, 2.75) is 24.7 Å². The van der Waals surface area contributed by atoms with Crippen molar-refractivity contribution in [1.29, 1.82) is 0 Å². The van der Waals surface area contributed by atoms with E-state index in [-0.39, 0.29) is 36.6 Å². The zero-order chi connectivity index (χ0) is 20.5. The fourth-order valence-electron chi connectivity index (χ4n) is 3.14. The maximum atomic E-state index is 14.0. The second-order valence-electron chi connectivity index (χ2n) is 7.04. The van der Waals surface area contributed by atoms with Crippen molar-refractivity contribution < 1.29 is 17.6 Å². The van der Waals surface area contributed by atoms with E-state index >= 15 is 0 Å². The Kier molecular flexibility index (Phi) is 6.21. The van der Waals surface area contributed by atoms with Crippen LogP contribution in [0, 0.1) is 5.82 Å². The molecule has 3 rings (SSSR count). The van der Waals surface area contributed by atoms with Crippen molar-refractivity contribution in [2.24, 2.45) is 0 Å². The summed E-state index contributed by atoms with van der Waals surface area (Å²) < 4.78 is 41.7. The number of benzene rings is 2. The van der Waals surface area contributed by atoms with E-state index in [1.54, 1.807) is 12.1 Å². The number of carbonyl (C=O) groups excluding carboxylic acids is 1. The first kappa shape index (κ1) is 21.0. The van der Waals surface area contributed by atoms with Crippen LogP contribution >= 0.6 is 15.9 Å². The molecular formula is C20H22BrFN2O3S. The Labute approximate surface area is 173 Å². The highest BCUT2D eigenvalue weighted by molar-refractivity contribution is 9.10. The summed E-state index contributed by atoms with van der Waals surface area (Å²) in [5.74, 6) is -0.699. The number of halogens is 2. The summed E-state index contributed by atoms with van der Waals surface area (Å²) in [6.45, 7) is 4.88. The molecule has 0 spiro atoms. The smallest absolute Gasteiger partial charge is 0.256 e.